The minimum atomic E-state index is -0.614. The van der Waals surface area contributed by atoms with Crippen LogP contribution in [0.3, 0.4) is 0 Å². The number of hydrogen-bond acceptors (Lipinski definition) is 3. The lowest BCUT2D eigenvalue weighted by molar-refractivity contribution is 0.628. The van der Waals surface area contributed by atoms with E-state index in [4.69, 9.17) is 11.6 Å². The lowest BCUT2D eigenvalue weighted by Gasteiger charge is -2.04. The van der Waals surface area contributed by atoms with Crippen molar-refractivity contribution in [2.24, 2.45) is 0 Å². The third-order valence-corrected chi connectivity index (χ3v) is 4.15. The summed E-state index contributed by atoms with van der Waals surface area (Å²) < 4.78 is 14.0. The van der Waals surface area contributed by atoms with Crippen molar-refractivity contribution in [3.05, 3.63) is 31.7 Å². The fourth-order valence-electron chi connectivity index (χ4n) is 1.37. The van der Waals surface area contributed by atoms with E-state index < -0.39 is 5.82 Å². The maximum atomic E-state index is 13.9. The Morgan fingerprint density at radius 3 is 3.00 bits per heavy atom. The van der Waals surface area contributed by atoms with E-state index in [1.165, 1.54) is 17.8 Å². The number of H-pyrrole nitrogens is 1. The van der Waals surface area contributed by atoms with Gasteiger partial charge in [-0.25, -0.2) is 9.37 Å². The van der Waals surface area contributed by atoms with Crippen molar-refractivity contribution in [1.29, 1.82) is 0 Å². The van der Waals surface area contributed by atoms with Gasteiger partial charge in [-0.2, -0.15) is 0 Å². The topological polar surface area (TPSA) is 45.8 Å². The molecule has 0 radical (unpaired) electrons. The molecule has 0 unspecified atom stereocenters. The number of benzene rings is 1. The van der Waals surface area contributed by atoms with Gasteiger partial charge >= 0.3 is 0 Å². The maximum absolute atomic E-state index is 13.9. The molecule has 0 aliphatic heterocycles. The molecule has 0 bridgehead atoms. The molecule has 0 saturated carbocycles. The molecule has 1 heterocycles. The third kappa shape index (κ3) is 2.34. The Labute approximate surface area is 114 Å². The van der Waals surface area contributed by atoms with Crippen LogP contribution in [0.4, 0.5) is 4.39 Å². The summed E-state index contributed by atoms with van der Waals surface area (Å²) in [5.74, 6) is 0.127. The van der Waals surface area contributed by atoms with Crippen LogP contribution in [0.25, 0.3) is 10.9 Å². The highest BCUT2D eigenvalue weighted by molar-refractivity contribution is 9.10. The summed E-state index contributed by atoms with van der Waals surface area (Å²) in [5, 5.41) is 0.701. The van der Waals surface area contributed by atoms with Crippen LogP contribution >= 0.6 is 39.3 Å². The van der Waals surface area contributed by atoms with Crippen LogP contribution in [0.1, 0.15) is 6.92 Å². The largest absolute Gasteiger partial charge is 0.301 e. The molecule has 0 spiro atoms. The van der Waals surface area contributed by atoms with Gasteiger partial charge in [0.25, 0.3) is 5.56 Å². The predicted molar refractivity (Wildman–Crippen MR) is 71.4 cm³/mol. The average molecular weight is 338 g/mol. The fourth-order valence-corrected chi connectivity index (χ4v) is 2.46. The molecule has 1 aromatic heterocycles. The summed E-state index contributed by atoms with van der Waals surface area (Å²) in [6.07, 6.45) is 0. The highest BCUT2D eigenvalue weighted by Gasteiger charge is 2.14. The Morgan fingerprint density at radius 2 is 2.35 bits per heavy atom. The fraction of sp³-hybridized carbons (Fsp3) is 0.200. The average Bonchev–Trinajstić information content (AvgIpc) is 2.29. The van der Waals surface area contributed by atoms with Gasteiger partial charge in [0.1, 0.15) is 5.52 Å². The van der Waals surface area contributed by atoms with E-state index in [-0.39, 0.29) is 26.0 Å². The smallest absolute Gasteiger partial charge is 0.259 e. The van der Waals surface area contributed by atoms with Gasteiger partial charge in [0.15, 0.2) is 11.0 Å². The number of aromatic nitrogens is 2. The van der Waals surface area contributed by atoms with E-state index in [0.717, 1.165) is 5.75 Å². The Balaban J connectivity index is 2.83. The Morgan fingerprint density at radius 1 is 1.65 bits per heavy atom. The zero-order chi connectivity index (χ0) is 12.6. The van der Waals surface area contributed by atoms with Crippen molar-refractivity contribution in [1.82, 2.24) is 9.97 Å². The van der Waals surface area contributed by atoms with Crippen LogP contribution < -0.4 is 5.56 Å². The minimum Gasteiger partial charge on any atom is -0.301 e. The van der Waals surface area contributed by atoms with Crippen molar-refractivity contribution in [2.45, 2.75) is 12.1 Å². The molecular formula is C10H7BrClFN2OS. The van der Waals surface area contributed by atoms with E-state index in [1.807, 2.05) is 6.92 Å². The van der Waals surface area contributed by atoms with Crippen molar-refractivity contribution in [2.75, 3.05) is 5.75 Å². The normalized spacial score (nSPS) is 11.1. The molecule has 17 heavy (non-hydrogen) atoms. The summed E-state index contributed by atoms with van der Waals surface area (Å²) >= 11 is 10.2. The minimum absolute atomic E-state index is 0.0287. The maximum Gasteiger partial charge on any atom is 0.259 e. The predicted octanol–water partition coefficient (Wildman–Crippen LogP) is 3.59. The van der Waals surface area contributed by atoms with E-state index in [1.54, 1.807) is 0 Å². The molecule has 1 aromatic carbocycles. The molecule has 90 valence electrons. The molecule has 0 atom stereocenters. The molecule has 7 heteroatoms. The molecule has 1 N–H and O–H groups in total. The van der Waals surface area contributed by atoms with E-state index >= 15 is 0 Å². The number of aromatic amines is 1. The number of rotatable bonds is 2. The van der Waals surface area contributed by atoms with Gasteiger partial charge in [0.05, 0.1) is 14.9 Å². The lowest BCUT2D eigenvalue weighted by Crippen LogP contribution is -2.10. The van der Waals surface area contributed by atoms with Crippen LogP contribution in [0.5, 0.6) is 0 Å². The van der Waals surface area contributed by atoms with E-state index in [2.05, 4.69) is 25.9 Å². The Kier molecular flexibility index (Phi) is 3.75. The number of hydrogen-bond donors (Lipinski definition) is 1. The molecule has 0 saturated heterocycles. The Bertz CT molecular complexity index is 646. The first kappa shape index (κ1) is 12.9. The number of thioether (sulfide) groups is 1. The number of halogens is 3. The summed E-state index contributed by atoms with van der Waals surface area (Å²) in [6.45, 7) is 1.92. The zero-order valence-corrected chi connectivity index (χ0v) is 11.8. The first-order valence-corrected chi connectivity index (χ1v) is 6.90. The summed E-state index contributed by atoms with van der Waals surface area (Å²) in [6, 6.07) is 1.40. The van der Waals surface area contributed by atoms with Gasteiger partial charge in [-0.05, 0) is 27.7 Å². The van der Waals surface area contributed by atoms with Gasteiger partial charge in [0, 0.05) is 0 Å². The van der Waals surface area contributed by atoms with E-state index in [0.29, 0.717) is 5.16 Å². The van der Waals surface area contributed by atoms with Crippen LogP contribution in [0.2, 0.25) is 5.02 Å². The molecule has 0 aliphatic rings. The van der Waals surface area contributed by atoms with Crippen LogP contribution in [-0.4, -0.2) is 15.7 Å². The molecule has 0 amide bonds. The number of nitrogens with zero attached hydrogens (tertiary/aromatic N) is 1. The van der Waals surface area contributed by atoms with Crippen molar-refractivity contribution < 1.29 is 4.39 Å². The highest BCUT2D eigenvalue weighted by Crippen LogP contribution is 2.30. The van der Waals surface area contributed by atoms with Gasteiger partial charge < -0.3 is 4.98 Å². The molecule has 3 nitrogen and oxygen atoms in total. The molecule has 2 rings (SSSR count). The lowest BCUT2D eigenvalue weighted by atomic mass is 10.2. The molecule has 2 aromatic rings. The van der Waals surface area contributed by atoms with Gasteiger partial charge in [-0.3, -0.25) is 4.79 Å². The first-order valence-electron chi connectivity index (χ1n) is 4.75. The third-order valence-electron chi connectivity index (χ3n) is 2.10. The summed E-state index contributed by atoms with van der Waals surface area (Å²) in [7, 11) is 0. The zero-order valence-electron chi connectivity index (χ0n) is 8.68. The van der Waals surface area contributed by atoms with Crippen molar-refractivity contribution >= 4 is 50.2 Å². The second-order valence-electron chi connectivity index (χ2n) is 3.19. The van der Waals surface area contributed by atoms with Crippen LogP contribution in [0, 0.1) is 5.82 Å². The molecular weight excluding hydrogens is 331 g/mol. The quantitative estimate of drug-likeness (QED) is 0.517. The SMILES string of the molecule is CCSc1nc2c(F)c(Br)c(Cl)cc2c(=O)[nH]1. The van der Waals surface area contributed by atoms with Gasteiger partial charge in [-0.1, -0.05) is 30.3 Å². The van der Waals surface area contributed by atoms with Gasteiger partial charge in [-0.15, -0.1) is 0 Å². The van der Waals surface area contributed by atoms with Crippen LogP contribution in [0.15, 0.2) is 20.5 Å². The second-order valence-corrected chi connectivity index (χ2v) is 5.64. The molecule has 0 fully saturated rings. The van der Waals surface area contributed by atoms with E-state index in [9.17, 15) is 9.18 Å². The van der Waals surface area contributed by atoms with Gasteiger partial charge in [0.2, 0.25) is 0 Å². The van der Waals surface area contributed by atoms with Crippen molar-refractivity contribution in [3.8, 4) is 0 Å². The van der Waals surface area contributed by atoms with Crippen LogP contribution in [-0.2, 0) is 0 Å². The number of fused-ring (bicyclic) bond motifs is 1. The number of nitrogens with one attached hydrogen (secondary N) is 1. The highest BCUT2D eigenvalue weighted by atomic mass is 79.9. The first-order chi connectivity index (χ1) is 8.04. The summed E-state index contributed by atoms with van der Waals surface area (Å²) in [4.78, 5) is 18.4. The Hall–Kier alpha value is -0.590. The van der Waals surface area contributed by atoms with Crippen molar-refractivity contribution in [3.63, 3.8) is 0 Å². The summed E-state index contributed by atoms with van der Waals surface area (Å²) in [5.41, 5.74) is -0.361. The standard InChI is InChI=1S/C10H7BrClFN2OS/c1-2-17-10-14-8-4(9(16)15-10)3-5(12)6(11)7(8)13/h3H,2H2,1H3,(H,14,15,16). The monoisotopic (exact) mass is 336 g/mol. The molecule has 0 aliphatic carbocycles. The second kappa shape index (κ2) is 4.96.